The molecule has 0 amide bonds. The fourth-order valence-corrected chi connectivity index (χ4v) is 2.72. The van der Waals surface area contributed by atoms with Crippen molar-refractivity contribution in [2.24, 2.45) is 0 Å². The number of nitrogens with two attached hydrogens (primary N) is 1. The Hall–Kier alpha value is -2.69. The monoisotopic (exact) mass is 367 g/mol. The number of hydrogen-bond acceptors (Lipinski definition) is 7. The third-order valence-electron chi connectivity index (χ3n) is 3.13. The number of pyridine rings is 1. The van der Waals surface area contributed by atoms with E-state index in [1.165, 1.54) is 16.9 Å². The van der Waals surface area contributed by atoms with E-state index in [-0.39, 0.29) is 21.7 Å². The minimum absolute atomic E-state index is 0.0460. The summed E-state index contributed by atoms with van der Waals surface area (Å²) in [7, 11) is 0. The van der Waals surface area contributed by atoms with Crippen molar-refractivity contribution in [1.29, 1.82) is 0 Å². The SMILES string of the molecule is CCc1nnc(Sc2cc(C(F)(F)F)nc(-c3ccccn3)n2)n1N. The van der Waals surface area contributed by atoms with Gasteiger partial charge in [0.05, 0.1) is 0 Å². The molecule has 130 valence electrons. The summed E-state index contributed by atoms with van der Waals surface area (Å²) in [6.07, 6.45) is -2.62. The zero-order valence-corrected chi connectivity index (χ0v) is 13.7. The second-order valence-corrected chi connectivity index (χ2v) is 5.84. The molecule has 0 atom stereocenters. The highest BCUT2D eigenvalue weighted by Gasteiger charge is 2.34. The van der Waals surface area contributed by atoms with Gasteiger partial charge in [-0.25, -0.2) is 14.6 Å². The predicted octanol–water partition coefficient (Wildman–Crippen LogP) is 2.58. The minimum atomic E-state index is -4.62. The first kappa shape index (κ1) is 17.1. The van der Waals surface area contributed by atoms with Gasteiger partial charge < -0.3 is 5.84 Å². The molecule has 7 nitrogen and oxygen atoms in total. The Kier molecular flexibility index (Phi) is 4.57. The van der Waals surface area contributed by atoms with Crippen LogP contribution in [-0.4, -0.2) is 29.8 Å². The second kappa shape index (κ2) is 6.67. The number of nitrogen functional groups attached to an aromatic ring is 1. The normalized spacial score (nSPS) is 11.7. The Morgan fingerprint density at radius 2 is 2.00 bits per heavy atom. The number of alkyl halides is 3. The van der Waals surface area contributed by atoms with Crippen LogP contribution >= 0.6 is 11.8 Å². The highest BCUT2D eigenvalue weighted by Crippen LogP contribution is 2.33. The molecule has 0 saturated carbocycles. The number of hydrogen-bond donors (Lipinski definition) is 1. The van der Waals surface area contributed by atoms with Gasteiger partial charge in [-0.05, 0) is 23.9 Å². The Bertz CT molecular complexity index is 880. The molecule has 2 N–H and O–H groups in total. The molecule has 0 aromatic carbocycles. The van der Waals surface area contributed by atoms with Crippen LogP contribution in [-0.2, 0) is 12.6 Å². The molecule has 3 aromatic rings. The Morgan fingerprint density at radius 1 is 1.20 bits per heavy atom. The summed E-state index contributed by atoms with van der Waals surface area (Å²) in [5, 5.41) is 8.02. The van der Waals surface area contributed by atoms with Crippen LogP contribution in [0.15, 0.2) is 40.6 Å². The second-order valence-electron chi connectivity index (χ2n) is 4.85. The van der Waals surface area contributed by atoms with E-state index in [9.17, 15) is 13.2 Å². The largest absolute Gasteiger partial charge is 0.433 e. The lowest BCUT2D eigenvalue weighted by Crippen LogP contribution is -2.14. The lowest BCUT2D eigenvalue weighted by atomic mass is 10.3. The summed E-state index contributed by atoms with van der Waals surface area (Å²) in [4.78, 5) is 11.7. The van der Waals surface area contributed by atoms with Crippen LogP contribution < -0.4 is 5.84 Å². The topological polar surface area (TPSA) is 95.4 Å². The van der Waals surface area contributed by atoms with Gasteiger partial charge in [0.15, 0.2) is 11.6 Å². The van der Waals surface area contributed by atoms with Gasteiger partial charge in [-0.2, -0.15) is 13.2 Å². The fraction of sp³-hybridized carbons (Fsp3) is 0.214. The van der Waals surface area contributed by atoms with Crippen LogP contribution in [0.1, 0.15) is 18.4 Å². The average molecular weight is 367 g/mol. The lowest BCUT2D eigenvalue weighted by molar-refractivity contribution is -0.141. The molecule has 25 heavy (non-hydrogen) atoms. The molecule has 0 saturated heterocycles. The van der Waals surface area contributed by atoms with Crippen LogP contribution in [0.2, 0.25) is 0 Å². The average Bonchev–Trinajstić information content (AvgIpc) is 2.94. The van der Waals surface area contributed by atoms with Gasteiger partial charge in [-0.3, -0.25) is 4.98 Å². The van der Waals surface area contributed by atoms with E-state index in [4.69, 9.17) is 5.84 Å². The van der Waals surface area contributed by atoms with Gasteiger partial charge in [0.2, 0.25) is 5.16 Å². The summed E-state index contributed by atoms with van der Waals surface area (Å²) >= 11 is 0.875. The minimum Gasteiger partial charge on any atom is -0.336 e. The zero-order chi connectivity index (χ0) is 18.0. The number of halogens is 3. The molecule has 11 heteroatoms. The van der Waals surface area contributed by atoms with E-state index in [0.29, 0.717) is 12.2 Å². The molecule has 3 aromatic heterocycles. The molecule has 0 spiro atoms. The maximum Gasteiger partial charge on any atom is 0.433 e. The summed E-state index contributed by atoms with van der Waals surface area (Å²) < 4.78 is 40.7. The van der Waals surface area contributed by atoms with Crippen molar-refractivity contribution in [3.8, 4) is 11.5 Å². The zero-order valence-electron chi connectivity index (χ0n) is 12.9. The summed E-state index contributed by atoms with van der Waals surface area (Å²) in [6.45, 7) is 1.84. The molecule has 0 aliphatic carbocycles. The van der Waals surface area contributed by atoms with Crippen LogP contribution in [0.5, 0.6) is 0 Å². The van der Waals surface area contributed by atoms with Crippen molar-refractivity contribution in [2.45, 2.75) is 29.7 Å². The number of nitrogens with zero attached hydrogens (tertiary/aromatic N) is 6. The standard InChI is InChI=1S/C14H12F3N7S/c1-2-10-22-23-13(24(10)18)25-11-7-9(14(15,16)17)20-12(21-11)8-5-3-4-6-19-8/h3-7H,2,18H2,1H3. The van der Waals surface area contributed by atoms with E-state index >= 15 is 0 Å². The van der Waals surface area contributed by atoms with Crippen molar-refractivity contribution in [1.82, 2.24) is 29.8 Å². The van der Waals surface area contributed by atoms with Crippen molar-refractivity contribution in [3.05, 3.63) is 42.0 Å². The number of rotatable bonds is 4. The van der Waals surface area contributed by atoms with Gasteiger partial charge in [0, 0.05) is 18.7 Å². The molecular formula is C14H12F3N7S. The van der Waals surface area contributed by atoms with Crippen molar-refractivity contribution >= 4 is 11.8 Å². The maximum absolute atomic E-state index is 13.2. The third kappa shape index (κ3) is 3.71. The van der Waals surface area contributed by atoms with Crippen LogP contribution in [0.4, 0.5) is 13.2 Å². The van der Waals surface area contributed by atoms with E-state index < -0.39 is 11.9 Å². The fourth-order valence-electron chi connectivity index (χ4n) is 1.94. The van der Waals surface area contributed by atoms with Gasteiger partial charge in [-0.1, -0.05) is 13.0 Å². The van der Waals surface area contributed by atoms with Crippen LogP contribution in [0.25, 0.3) is 11.5 Å². The highest BCUT2D eigenvalue weighted by atomic mass is 32.2. The summed E-state index contributed by atoms with van der Waals surface area (Å²) in [5.74, 6) is 6.21. The van der Waals surface area contributed by atoms with E-state index in [1.54, 1.807) is 12.1 Å². The van der Waals surface area contributed by atoms with Crippen molar-refractivity contribution in [2.75, 3.05) is 5.84 Å². The van der Waals surface area contributed by atoms with Gasteiger partial charge in [-0.15, -0.1) is 10.2 Å². The first-order valence-electron chi connectivity index (χ1n) is 7.13. The molecular weight excluding hydrogens is 355 g/mol. The maximum atomic E-state index is 13.2. The predicted molar refractivity (Wildman–Crippen MR) is 83.9 cm³/mol. The third-order valence-corrected chi connectivity index (χ3v) is 4.01. The molecule has 3 rings (SSSR count). The lowest BCUT2D eigenvalue weighted by Gasteiger charge is -2.10. The van der Waals surface area contributed by atoms with E-state index in [0.717, 1.165) is 17.8 Å². The quantitative estimate of drug-likeness (QED) is 0.559. The molecule has 0 aliphatic heterocycles. The Labute approximate surface area is 144 Å². The highest BCUT2D eigenvalue weighted by molar-refractivity contribution is 7.99. The van der Waals surface area contributed by atoms with Gasteiger partial charge in [0.25, 0.3) is 0 Å². The van der Waals surface area contributed by atoms with E-state index in [2.05, 4.69) is 25.1 Å². The molecule has 0 bridgehead atoms. The number of aromatic nitrogens is 6. The summed E-state index contributed by atoms with van der Waals surface area (Å²) in [5.41, 5.74) is -0.830. The Balaban J connectivity index is 2.05. The molecule has 0 unspecified atom stereocenters. The summed E-state index contributed by atoms with van der Waals surface area (Å²) in [6, 6.07) is 5.67. The molecule has 0 fully saturated rings. The molecule has 3 heterocycles. The van der Waals surface area contributed by atoms with E-state index in [1.807, 2.05) is 6.92 Å². The first-order valence-corrected chi connectivity index (χ1v) is 7.95. The Morgan fingerprint density at radius 3 is 2.60 bits per heavy atom. The van der Waals surface area contributed by atoms with Crippen molar-refractivity contribution in [3.63, 3.8) is 0 Å². The van der Waals surface area contributed by atoms with Gasteiger partial charge in [0.1, 0.15) is 16.4 Å². The van der Waals surface area contributed by atoms with Crippen LogP contribution in [0, 0.1) is 0 Å². The van der Waals surface area contributed by atoms with Crippen molar-refractivity contribution < 1.29 is 13.2 Å². The smallest absolute Gasteiger partial charge is 0.336 e. The number of aryl methyl sites for hydroxylation is 1. The first-order chi connectivity index (χ1) is 11.9. The van der Waals surface area contributed by atoms with Crippen LogP contribution in [0.3, 0.4) is 0 Å². The molecule has 0 radical (unpaired) electrons. The molecule has 0 aliphatic rings. The van der Waals surface area contributed by atoms with Gasteiger partial charge >= 0.3 is 6.18 Å².